The predicted octanol–water partition coefficient (Wildman–Crippen LogP) is 3.30. The molecule has 2 aromatic carbocycles. The molecule has 0 unspecified atom stereocenters. The number of hydrogen-bond donors (Lipinski definition) is 2. The smallest absolute Gasteiger partial charge is 0.220 e. The molecule has 1 saturated heterocycles. The summed E-state index contributed by atoms with van der Waals surface area (Å²) in [4.78, 5) is 24.2. The average molecular weight is 416 g/mol. The van der Waals surface area contributed by atoms with Gasteiger partial charge in [0.1, 0.15) is 17.4 Å². The number of nitrogens with one attached hydrogen (secondary N) is 2. The van der Waals surface area contributed by atoms with Gasteiger partial charge in [-0.25, -0.2) is 8.78 Å². The lowest BCUT2D eigenvalue weighted by Crippen LogP contribution is -2.44. The van der Waals surface area contributed by atoms with Gasteiger partial charge in [0.25, 0.3) is 0 Å². The molecule has 2 N–H and O–H groups in total. The van der Waals surface area contributed by atoms with E-state index in [4.69, 9.17) is 4.74 Å². The maximum atomic E-state index is 14.3. The predicted molar refractivity (Wildman–Crippen MR) is 109 cm³/mol. The maximum absolute atomic E-state index is 14.3. The van der Waals surface area contributed by atoms with E-state index in [-0.39, 0.29) is 29.9 Å². The van der Waals surface area contributed by atoms with Gasteiger partial charge in [-0.1, -0.05) is 12.1 Å². The first kappa shape index (κ1) is 21.7. The molecule has 3 rings (SSSR count). The summed E-state index contributed by atoms with van der Waals surface area (Å²) in [6.07, 6.45) is 2.43. The second kappa shape index (κ2) is 9.69. The molecule has 0 aliphatic carbocycles. The zero-order valence-corrected chi connectivity index (χ0v) is 17.0. The third-order valence-corrected chi connectivity index (χ3v) is 5.50. The lowest BCUT2D eigenvalue weighted by Gasteiger charge is -2.29. The Morgan fingerprint density at radius 1 is 1.20 bits per heavy atom. The summed E-state index contributed by atoms with van der Waals surface area (Å²) in [6.45, 7) is 0.439. The highest BCUT2D eigenvalue weighted by atomic mass is 19.1. The van der Waals surface area contributed by atoms with E-state index in [1.54, 1.807) is 24.3 Å². The number of benzene rings is 2. The van der Waals surface area contributed by atoms with E-state index in [1.165, 1.54) is 25.3 Å². The topological polar surface area (TPSA) is 67.4 Å². The average Bonchev–Trinajstić information content (AvgIpc) is 3.10. The van der Waals surface area contributed by atoms with E-state index in [0.717, 1.165) is 5.56 Å². The first-order chi connectivity index (χ1) is 14.4. The van der Waals surface area contributed by atoms with Crippen molar-refractivity contribution >= 4 is 11.8 Å². The molecule has 7 heteroatoms. The van der Waals surface area contributed by atoms with Gasteiger partial charge in [0.15, 0.2) is 0 Å². The van der Waals surface area contributed by atoms with Crippen LogP contribution in [0.3, 0.4) is 0 Å². The Labute approximate surface area is 174 Å². The van der Waals surface area contributed by atoms with Crippen molar-refractivity contribution in [3.05, 3.63) is 65.2 Å². The monoisotopic (exact) mass is 416 g/mol. The summed E-state index contributed by atoms with van der Waals surface area (Å²) in [5.74, 6) is -0.331. The van der Waals surface area contributed by atoms with Gasteiger partial charge in [0.2, 0.25) is 11.8 Å². The van der Waals surface area contributed by atoms with Crippen LogP contribution in [-0.2, 0) is 22.4 Å². The minimum Gasteiger partial charge on any atom is -0.497 e. The fourth-order valence-corrected chi connectivity index (χ4v) is 3.80. The first-order valence-electron chi connectivity index (χ1n) is 10.0. The first-order valence-corrected chi connectivity index (χ1v) is 10.0. The molecule has 0 saturated carbocycles. The van der Waals surface area contributed by atoms with Gasteiger partial charge in [-0.3, -0.25) is 9.59 Å². The molecule has 1 atom stereocenters. The third-order valence-electron chi connectivity index (χ3n) is 5.50. The lowest BCUT2D eigenvalue weighted by atomic mass is 9.84. The Balaban J connectivity index is 1.56. The normalized spacial score (nSPS) is 18.2. The number of carbonyl (C=O) groups is 2. The Morgan fingerprint density at radius 3 is 2.63 bits per heavy atom. The standard InChI is InChI=1S/C23H26F2N2O3/c1-30-19-6-7-20(25)17(14-19)15-23(12-9-22(29)27-23)11-8-21(28)26-13-10-16-2-4-18(24)5-3-16/h2-7,14H,8-13,15H2,1H3,(H,26,28)(H,27,29)/t23-/m0/s1. The molecule has 160 valence electrons. The number of ether oxygens (including phenoxy) is 1. The van der Waals surface area contributed by atoms with Crippen molar-refractivity contribution in [3.63, 3.8) is 0 Å². The molecule has 30 heavy (non-hydrogen) atoms. The second-order valence-corrected chi connectivity index (χ2v) is 7.69. The molecule has 2 amide bonds. The van der Waals surface area contributed by atoms with Crippen LogP contribution >= 0.6 is 0 Å². The highest BCUT2D eigenvalue weighted by molar-refractivity contribution is 5.80. The van der Waals surface area contributed by atoms with Gasteiger partial charge in [0, 0.05) is 24.9 Å². The zero-order chi connectivity index (χ0) is 21.6. The van der Waals surface area contributed by atoms with E-state index >= 15 is 0 Å². The van der Waals surface area contributed by atoms with Crippen molar-refractivity contribution in [3.8, 4) is 5.75 Å². The third kappa shape index (κ3) is 5.78. The summed E-state index contributed by atoms with van der Waals surface area (Å²) in [5, 5.41) is 5.81. The fourth-order valence-electron chi connectivity index (χ4n) is 3.80. The van der Waals surface area contributed by atoms with Crippen LogP contribution in [0, 0.1) is 11.6 Å². The minimum atomic E-state index is -0.654. The lowest BCUT2D eigenvalue weighted by molar-refractivity contribution is -0.122. The van der Waals surface area contributed by atoms with Crippen LogP contribution in [0.2, 0.25) is 0 Å². The van der Waals surface area contributed by atoms with Crippen molar-refractivity contribution in [2.45, 2.75) is 44.1 Å². The van der Waals surface area contributed by atoms with E-state index in [1.807, 2.05) is 0 Å². The molecule has 2 aromatic rings. The summed E-state index contributed by atoms with van der Waals surface area (Å²) < 4.78 is 32.4. The highest BCUT2D eigenvalue weighted by Crippen LogP contribution is 2.31. The van der Waals surface area contributed by atoms with Crippen LogP contribution < -0.4 is 15.4 Å². The van der Waals surface area contributed by atoms with Gasteiger partial charge >= 0.3 is 0 Å². The largest absolute Gasteiger partial charge is 0.497 e. The molecular formula is C23H26F2N2O3. The summed E-state index contributed by atoms with van der Waals surface area (Å²) in [6, 6.07) is 10.7. The molecule has 5 nitrogen and oxygen atoms in total. The zero-order valence-electron chi connectivity index (χ0n) is 17.0. The van der Waals surface area contributed by atoms with Crippen molar-refractivity contribution in [2.75, 3.05) is 13.7 Å². The molecule has 0 bridgehead atoms. The molecule has 0 aromatic heterocycles. The number of methoxy groups -OCH3 is 1. The van der Waals surface area contributed by atoms with E-state index in [2.05, 4.69) is 10.6 Å². The van der Waals surface area contributed by atoms with Crippen molar-refractivity contribution < 1.29 is 23.1 Å². The number of rotatable bonds is 9. The molecule has 1 fully saturated rings. The van der Waals surface area contributed by atoms with Gasteiger partial charge in [-0.15, -0.1) is 0 Å². The summed E-state index contributed by atoms with van der Waals surface area (Å²) in [7, 11) is 1.51. The molecule has 1 aliphatic rings. The Hall–Kier alpha value is -2.96. The van der Waals surface area contributed by atoms with Crippen molar-refractivity contribution in [1.82, 2.24) is 10.6 Å². The number of carbonyl (C=O) groups excluding carboxylic acids is 2. The fraction of sp³-hybridized carbons (Fsp3) is 0.391. The van der Waals surface area contributed by atoms with Crippen molar-refractivity contribution in [1.29, 1.82) is 0 Å². The molecule has 1 aliphatic heterocycles. The number of halogens is 2. The highest BCUT2D eigenvalue weighted by Gasteiger charge is 2.38. The van der Waals surface area contributed by atoms with Gasteiger partial charge in [-0.05, 0) is 67.1 Å². The van der Waals surface area contributed by atoms with Crippen LogP contribution in [0.25, 0.3) is 0 Å². The SMILES string of the molecule is COc1ccc(F)c(C[C@]2(CCC(=O)NCCc3ccc(F)cc3)CCC(=O)N2)c1. The molecule has 1 heterocycles. The number of hydrogen-bond acceptors (Lipinski definition) is 3. The van der Waals surface area contributed by atoms with Gasteiger partial charge in [0.05, 0.1) is 7.11 Å². The Kier molecular flexibility index (Phi) is 7.03. The van der Waals surface area contributed by atoms with Crippen LogP contribution in [0.4, 0.5) is 8.78 Å². The van der Waals surface area contributed by atoms with Gasteiger partial charge < -0.3 is 15.4 Å². The summed E-state index contributed by atoms with van der Waals surface area (Å²) in [5.41, 5.74) is 0.733. The minimum absolute atomic E-state index is 0.0879. The van der Waals surface area contributed by atoms with Crippen molar-refractivity contribution in [2.24, 2.45) is 0 Å². The quantitative estimate of drug-likeness (QED) is 0.659. The molecular weight excluding hydrogens is 390 g/mol. The van der Waals surface area contributed by atoms with E-state index in [9.17, 15) is 18.4 Å². The van der Waals surface area contributed by atoms with Crippen LogP contribution in [0.1, 0.15) is 36.8 Å². The van der Waals surface area contributed by atoms with E-state index < -0.39 is 5.54 Å². The second-order valence-electron chi connectivity index (χ2n) is 7.69. The molecule has 0 radical (unpaired) electrons. The Bertz CT molecular complexity index is 902. The summed E-state index contributed by atoms with van der Waals surface area (Å²) >= 11 is 0. The number of amides is 2. The van der Waals surface area contributed by atoms with Gasteiger partial charge in [-0.2, -0.15) is 0 Å². The molecule has 0 spiro atoms. The van der Waals surface area contributed by atoms with E-state index in [0.29, 0.717) is 50.0 Å². The Morgan fingerprint density at radius 2 is 1.97 bits per heavy atom. The van der Waals surface area contributed by atoms with Crippen LogP contribution in [0.15, 0.2) is 42.5 Å². The van der Waals surface area contributed by atoms with Crippen LogP contribution in [0.5, 0.6) is 5.75 Å². The van der Waals surface area contributed by atoms with Crippen LogP contribution in [-0.4, -0.2) is 31.0 Å². The maximum Gasteiger partial charge on any atom is 0.220 e.